The van der Waals surface area contributed by atoms with E-state index in [1.165, 1.54) is 0 Å². The number of aliphatic hydroxyl groups excluding tert-OH is 1. The summed E-state index contributed by atoms with van der Waals surface area (Å²) in [6.45, 7) is 7.00. The molecule has 0 aliphatic heterocycles. The number of hydrogen-bond donors (Lipinski definition) is 2. The molecule has 1 atom stereocenters. The van der Waals surface area contributed by atoms with Gasteiger partial charge >= 0.3 is 0 Å². The van der Waals surface area contributed by atoms with Gasteiger partial charge in [-0.2, -0.15) is 0 Å². The third-order valence-corrected chi connectivity index (χ3v) is 3.45. The minimum Gasteiger partial charge on any atom is -0.395 e. The summed E-state index contributed by atoms with van der Waals surface area (Å²) in [5.41, 5.74) is 0.800. The van der Waals surface area contributed by atoms with E-state index >= 15 is 0 Å². The molecule has 4 nitrogen and oxygen atoms in total. The number of benzene rings is 1. The van der Waals surface area contributed by atoms with Crippen molar-refractivity contribution >= 4 is 11.6 Å². The maximum absolute atomic E-state index is 11.9. The average Bonchev–Trinajstić information content (AvgIpc) is 2.36. The van der Waals surface area contributed by atoms with Gasteiger partial charge in [0.1, 0.15) is 0 Å². The van der Waals surface area contributed by atoms with E-state index in [2.05, 4.69) is 26.1 Å². The molecular formula is C16H26N2O2. The Balaban J connectivity index is 2.44. The molecule has 0 fully saturated rings. The summed E-state index contributed by atoms with van der Waals surface area (Å²) in [5, 5.41) is 12.4. The van der Waals surface area contributed by atoms with Crippen LogP contribution in [0.1, 0.15) is 27.2 Å². The number of likely N-dealkylation sites (N-methyl/N-ethyl adjacent to an activating group) is 1. The van der Waals surface area contributed by atoms with Crippen molar-refractivity contribution in [3.05, 3.63) is 30.3 Å². The van der Waals surface area contributed by atoms with E-state index in [1.54, 1.807) is 0 Å². The Morgan fingerprint density at radius 1 is 1.30 bits per heavy atom. The van der Waals surface area contributed by atoms with Gasteiger partial charge in [0.15, 0.2) is 0 Å². The minimum absolute atomic E-state index is 0.00588. The lowest BCUT2D eigenvalue weighted by atomic mass is 9.86. The molecule has 112 valence electrons. The maximum atomic E-state index is 11.9. The molecular weight excluding hydrogens is 252 g/mol. The second-order valence-corrected chi connectivity index (χ2v) is 6.21. The van der Waals surface area contributed by atoms with Crippen molar-refractivity contribution in [2.75, 3.05) is 25.5 Å². The number of carbonyl (C=O) groups is 1. The Labute approximate surface area is 121 Å². The van der Waals surface area contributed by atoms with Crippen molar-refractivity contribution in [3.8, 4) is 0 Å². The number of aliphatic hydroxyl groups is 1. The molecule has 0 saturated heterocycles. The number of anilines is 1. The first-order valence-electron chi connectivity index (χ1n) is 7.00. The predicted molar refractivity (Wildman–Crippen MR) is 82.6 cm³/mol. The van der Waals surface area contributed by atoms with Crippen molar-refractivity contribution in [1.82, 2.24) is 4.90 Å². The fourth-order valence-electron chi connectivity index (χ4n) is 2.25. The molecule has 0 aliphatic carbocycles. The smallest absolute Gasteiger partial charge is 0.225 e. The summed E-state index contributed by atoms with van der Waals surface area (Å²) >= 11 is 0. The monoisotopic (exact) mass is 278 g/mol. The van der Waals surface area contributed by atoms with E-state index in [0.29, 0.717) is 13.0 Å². The normalized spacial score (nSPS) is 13.3. The van der Waals surface area contributed by atoms with Gasteiger partial charge in [0.05, 0.1) is 6.61 Å². The van der Waals surface area contributed by atoms with E-state index in [4.69, 9.17) is 0 Å². The van der Waals surface area contributed by atoms with Crippen LogP contribution in [-0.2, 0) is 4.79 Å². The highest BCUT2D eigenvalue weighted by Crippen LogP contribution is 2.23. The molecule has 1 aromatic rings. The van der Waals surface area contributed by atoms with Gasteiger partial charge in [0.25, 0.3) is 0 Å². The number of carbonyl (C=O) groups excluding carboxylic acids is 1. The van der Waals surface area contributed by atoms with Crippen LogP contribution >= 0.6 is 0 Å². The van der Waals surface area contributed by atoms with E-state index < -0.39 is 0 Å². The number of amides is 1. The number of hydrogen-bond acceptors (Lipinski definition) is 3. The van der Waals surface area contributed by atoms with Crippen LogP contribution in [0.4, 0.5) is 5.69 Å². The Kier molecular flexibility index (Phi) is 6.17. The highest BCUT2D eigenvalue weighted by molar-refractivity contribution is 5.90. The number of rotatable bonds is 6. The molecule has 0 aliphatic rings. The molecule has 0 saturated carbocycles. The lowest BCUT2D eigenvalue weighted by molar-refractivity contribution is -0.116. The Morgan fingerprint density at radius 3 is 2.40 bits per heavy atom. The first kappa shape index (κ1) is 16.7. The zero-order valence-electron chi connectivity index (χ0n) is 12.9. The summed E-state index contributed by atoms with van der Waals surface area (Å²) in [6, 6.07) is 9.48. The van der Waals surface area contributed by atoms with E-state index in [0.717, 1.165) is 5.69 Å². The minimum atomic E-state index is -0.0145. The van der Waals surface area contributed by atoms with E-state index in [-0.39, 0.29) is 24.0 Å². The van der Waals surface area contributed by atoms with Crippen LogP contribution in [0.25, 0.3) is 0 Å². The topological polar surface area (TPSA) is 52.6 Å². The van der Waals surface area contributed by atoms with Crippen LogP contribution < -0.4 is 5.32 Å². The van der Waals surface area contributed by atoms with Crippen LogP contribution in [0.15, 0.2) is 30.3 Å². The highest BCUT2D eigenvalue weighted by Gasteiger charge is 2.27. The van der Waals surface area contributed by atoms with E-state index in [1.807, 2.05) is 42.3 Å². The lowest BCUT2D eigenvalue weighted by Gasteiger charge is -2.36. The lowest BCUT2D eigenvalue weighted by Crippen LogP contribution is -2.45. The second kappa shape index (κ2) is 7.41. The van der Waals surface area contributed by atoms with Gasteiger partial charge in [-0.1, -0.05) is 39.0 Å². The van der Waals surface area contributed by atoms with Crippen molar-refractivity contribution in [1.29, 1.82) is 0 Å². The summed E-state index contributed by atoms with van der Waals surface area (Å²) in [7, 11) is 1.95. The fraction of sp³-hybridized carbons (Fsp3) is 0.562. The van der Waals surface area contributed by atoms with Gasteiger partial charge in [-0.3, -0.25) is 4.79 Å². The van der Waals surface area contributed by atoms with E-state index in [9.17, 15) is 9.90 Å². The van der Waals surface area contributed by atoms with Crippen molar-refractivity contribution in [2.45, 2.75) is 33.2 Å². The van der Waals surface area contributed by atoms with Gasteiger partial charge in [0.2, 0.25) is 5.91 Å². The fourth-order valence-corrected chi connectivity index (χ4v) is 2.25. The Bertz CT molecular complexity index is 412. The summed E-state index contributed by atoms with van der Waals surface area (Å²) in [6.07, 6.45) is 0.415. The average molecular weight is 278 g/mol. The molecule has 0 heterocycles. The molecule has 0 spiro atoms. The Hall–Kier alpha value is -1.39. The summed E-state index contributed by atoms with van der Waals surface area (Å²) in [5.74, 6) is -0.00588. The third kappa shape index (κ3) is 5.31. The summed E-state index contributed by atoms with van der Waals surface area (Å²) < 4.78 is 0. The first-order chi connectivity index (χ1) is 9.34. The molecule has 2 N–H and O–H groups in total. The molecule has 1 unspecified atom stereocenters. The molecule has 20 heavy (non-hydrogen) atoms. The first-order valence-corrected chi connectivity index (χ1v) is 7.00. The van der Waals surface area contributed by atoms with Crippen molar-refractivity contribution in [2.24, 2.45) is 5.41 Å². The molecule has 0 aromatic heterocycles. The predicted octanol–water partition coefficient (Wildman–Crippen LogP) is 2.35. The van der Waals surface area contributed by atoms with Crippen LogP contribution in [0.3, 0.4) is 0 Å². The number of nitrogens with zero attached hydrogens (tertiary/aromatic N) is 1. The van der Waals surface area contributed by atoms with Crippen LogP contribution in [-0.4, -0.2) is 42.2 Å². The third-order valence-electron chi connectivity index (χ3n) is 3.45. The molecule has 1 aromatic carbocycles. The zero-order chi connectivity index (χ0) is 15.2. The van der Waals surface area contributed by atoms with Gasteiger partial charge in [-0.25, -0.2) is 0 Å². The molecule has 4 heteroatoms. The van der Waals surface area contributed by atoms with Crippen molar-refractivity contribution < 1.29 is 9.90 Å². The van der Waals surface area contributed by atoms with Gasteiger partial charge in [-0.05, 0) is 24.6 Å². The standard InChI is InChI=1S/C16H26N2O2/c1-16(2,3)14(12-19)18(4)11-10-15(20)17-13-8-6-5-7-9-13/h5-9,14,19H,10-12H2,1-4H3,(H,17,20). The van der Waals surface area contributed by atoms with Crippen LogP contribution in [0.2, 0.25) is 0 Å². The number of nitrogens with one attached hydrogen (secondary N) is 1. The van der Waals surface area contributed by atoms with Crippen LogP contribution in [0, 0.1) is 5.41 Å². The summed E-state index contributed by atoms with van der Waals surface area (Å²) in [4.78, 5) is 13.9. The quantitative estimate of drug-likeness (QED) is 0.840. The van der Waals surface area contributed by atoms with Crippen molar-refractivity contribution in [3.63, 3.8) is 0 Å². The Morgan fingerprint density at radius 2 is 1.90 bits per heavy atom. The van der Waals surface area contributed by atoms with Gasteiger partial charge < -0.3 is 15.3 Å². The zero-order valence-corrected chi connectivity index (χ0v) is 12.9. The largest absolute Gasteiger partial charge is 0.395 e. The van der Waals surface area contributed by atoms with Gasteiger partial charge in [0, 0.05) is 24.7 Å². The van der Waals surface area contributed by atoms with Crippen LogP contribution in [0.5, 0.6) is 0 Å². The molecule has 0 bridgehead atoms. The molecule has 0 radical (unpaired) electrons. The number of para-hydroxylation sites is 1. The maximum Gasteiger partial charge on any atom is 0.225 e. The van der Waals surface area contributed by atoms with Gasteiger partial charge in [-0.15, -0.1) is 0 Å². The SMILES string of the molecule is CN(CCC(=O)Nc1ccccc1)C(CO)C(C)(C)C. The second-order valence-electron chi connectivity index (χ2n) is 6.21. The molecule has 1 amide bonds. The molecule has 1 rings (SSSR count). The highest BCUT2D eigenvalue weighted by atomic mass is 16.3.